The summed E-state index contributed by atoms with van der Waals surface area (Å²) in [5.74, 6) is 0.526. The molecule has 0 aliphatic rings. The van der Waals surface area contributed by atoms with Crippen LogP contribution in [0.5, 0.6) is 5.75 Å². The van der Waals surface area contributed by atoms with Gasteiger partial charge in [-0.25, -0.2) is 13.1 Å². The zero-order valence-electron chi connectivity index (χ0n) is 9.43. The normalized spacial score (nSPS) is 11.1. The van der Waals surface area contributed by atoms with E-state index < -0.39 is 10.0 Å². The summed E-state index contributed by atoms with van der Waals surface area (Å²) in [4.78, 5) is 0. The van der Waals surface area contributed by atoms with Crippen molar-refractivity contribution in [3.05, 3.63) is 36.9 Å². The van der Waals surface area contributed by atoms with Crippen LogP contribution in [0.2, 0.25) is 0 Å². The zero-order valence-corrected chi connectivity index (χ0v) is 10.2. The first kappa shape index (κ1) is 13.5. The molecular formula is C11H16N2O3S. The molecule has 0 fully saturated rings. The lowest BCUT2D eigenvalue weighted by molar-refractivity contribution is 0.323. The number of nitrogens with two attached hydrogens (primary N) is 1. The van der Waals surface area contributed by atoms with Gasteiger partial charge in [-0.15, -0.1) is 6.58 Å². The molecule has 0 bridgehead atoms. The van der Waals surface area contributed by atoms with Crippen molar-refractivity contribution >= 4 is 15.7 Å². The summed E-state index contributed by atoms with van der Waals surface area (Å²) < 4.78 is 30.2. The number of benzene rings is 1. The van der Waals surface area contributed by atoms with E-state index >= 15 is 0 Å². The Bertz CT molecular complexity index is 471. The molecule has 0 saturated carbocycles. The van der Waals surface area contributed by atoms with Crippen LogP contribution in [0.3, 0.4) is 0 Å². The van der Waals surface area contributed by atoms with Crippen LogP contribution in [-0.4, -0.2) is 27.3 Å². The topological polar surface area (TPSA) is 81.4 Å². The van der Waals surface area contributed by atoms with Crippen LogP contribution in [-0.2, 0) is 10.0 Å². The highest BCUT2D eigenvalue weighted by Crippen LogP contribution is 2.13. The summed E-state index contributed by atoms with van der Waals surface area (Å²) in [5.41, 5.74) is 6.18. The van der Waals surface area contributed by atoms with Gasteiger partial charge in [0.1, 0.15) is 12.4 Å². The fourth-order valence-electron chi connectivity index (χ4n) is 1.18. The lowest BCUT2D eigenvalue weighted by Crippen LogP contribution is -2.29. The van der Waals surface area contributed by atoms with Gasteiger partial charge in [-0.3, -0.25) is 0 Å². The molecule has 0 heterocycles. The molecule has 1 aromatic rings. The number of anilines is 1. The van der Waals surface area contributed by atoms with Crippen molar-refractivity contribution < 1.29 is 13.2 Å². The van der Waals surface area contributed by atoms with Gasteiger partial charge >= 0.3 is 0 Å². The fourth-order valence-corrected chi connectivity index (χ4v) is 2.01. The van der Waals surface area contributed by atoms with Crippen molar-refractivity contribution in [2.75, 3.05) is 24.6 Å². The van der Waals surface area contributed by atoms with Gasteiger partial charge in [0, 0.05) is 18.3 Å². The second kappa shape index (κ2) is 6.27. The van der Waals surface area contributed by atoms with E-state index in [-0.39, 0.29) is 18.9 Å². The molecule has 5 nitrogen and oxygen atoms in total. The van der Waals surface area contributed by atoms with E-state index in [9.17, 15) is 8.42 Å². The quantitative estimate of drug-likeness (QED) is 0.428. The van der Waals surface area contributed by atoms with E-state index in [0.717, 1.165) is 0 Å². The van der Waals surface area contributed by atoms with Gasteiger partial charge in [0.2, 0.25) is 10.0 Å². The third-order valence-corrected chi connectivity index (χ3v) is 3.21. The smallest absolute Gasteiger partial charge is 0.215 e. The molecule has 0 aliphatic heterocycles. The highest BCUT2D eigenvalue weighted by molar-refractivity contribution is 7.89. The number of nitrogen functional groups attached to an aromatic ring is 1. The van der Waals surface area contributed by atoms with Gasteiger partial charge in [0.25, 0.3) is 0 Å². The minimum absolute atomic E-state index is 0.0920. The molecule has 17 heavy (non-hydrogen) atoms. The maximum Gasteiger partial charge on any atom is 0.215 e. The van der Waals surface area contributed by atoms with Crippen LogP contribution in [0.25, 0.3) is 0 Å². The Morgan fingerprint density at radius 3 is 2.88 bits per heavy atom. The highest BCUT2D eigenvalue weighted by atomic mass is 32.2. The third-order valence-electron chi connectivity index (χ3n) is 1.89. The van der Waals surface area contributed by atoms with Gasteiger partial charge < -0.3 is 10.5 Å². The Kier molecular flexibility index (Phi) is 4.99. The largest absolute Gasteiger partial charge is 0.492 e. The maximum absolute atomic E-state index is 11.2. The lowest BCUT2D eigenvalue weighted by Gasteiger charge is -2.07. The number of hydrogen-bond donors (Lipinski definition) is 2. The van der Waals surface area contributed by atoms with Gasteiger partial charge in [-0.2, -0.15) is 0 Å². The minimum Gasteiger partial charge on any atom is -0.492 e. The predicted octanol–water partition coefficient (Wildman–Crippen LogP) is 0.753. The Hall–Kier alpha value is -1.53. The van der Waals surface area contributed by atoms with E-state index in [2.05, 4.69) is 11.3 Å². The van der Waals surface area contributed by atoms with Gasteiger partial charge in [0.15, 0.2) is 0 Å². The van der Waals surface area contributed by atoms with Crippen molar-refractivity contribution in [2.24, 2.45) is 0 Å². The van der Waals surface area contributed by atoms with Crippen LogP contribution in [0.1, 0.15) is 0 Å². The number of ether oxygens (including phenoxy) is 1. The molecule has 0 saturated heterocycles. The molecule has 94 valence electrons. The standard InChI is InChI=1S/C11H16N2O3S/c1-2-8-17(14,15)13-6-7-16-11-5-3-4-10(12)9-11/h2-5,9,13H,1,6-8,12H2. The van der Waals surface area contributed by atoms with Crippen molar-refractivity contribution in [3.8, 4) is 5.75 Å². The Morgan fingerprint density at radius 1 is 1.47 bits per heavy atom. The molecule has 0 atom stereocenters. The van der Waals surface area contributed by atoms with Crippen molar-refractivity contribution in [1.29, 1.82) is 0 Å². The first-order chi connectivity index (χ1) is 8.03. The van der Waals surface area contributed by atoms with E-state index in [4.69, 9.17) is 10.5 Å². The molecule has 1 aromatic carbocycles. The fraction of sp³-hybridized carbons (Fsp3) is 0.273. The predicted molar refractivity (Wildman–Crippen MR) is 68.3 cm³/mol. The molecule has 0 unspecified atom stereocenters. The van der Waals surface area contributed by atoms with Gasteiger partial charge in [-0.1, -0.05) is 12.1 Å². The van der Waals surface area contributed by atoms with Gasteiger partial charge in [0.05, 0.1) is 5.75 Å². The maximum atomic E-state index is 11.2. The Morgan fingerprint density at radius 2 is 2.24 bits per heavy atom. The van der Waals surface area contributed by atoms with E-state index in [0.29, 0.717) is 11.4 Å². The molecule has 1 rings (SSSR count). The van der Waals surface area contributed by atoms with Crippen LogP contribution in [0, 0.1) is 0 Å². The number of rotatable bonds is 7. The molecule has 0 aliphatic carbocycles. The zero-order chi connectivity index (χ0) is 12.7. The average Bonchev–Trinajstić information content (AvgIpc) is 2.24. The molecule has 0 spiro atoms. The average molecular weight is 256 g/mol. The van der Waals surface area contributed by atoms with Crippen molar-refractivity contribution in [3.63, 3.8) is 0 Å². The first-order valence-electron chi connectivity index (χ1n) is 5.10. The lowest BCUT2D eigenvalue weighted by atomic mass is 10.3. The Balaban J connectivity index is 2.32. The summed E-state index contributed by atoms with van der Waals surface area (Å²) in [7, 11) is -3.27. The van der Waals surface area contributed by atoms with E-state index in [1.807, 2.05) is 0 Å². The van der Waals surface area contributed by atoms with Crippen LogP contribution in [0.15, 0.2) is 36.9 Å². The van der Waals surface area contributed by atoms with Crippen LogP contribution < -0.4 is 15.2 Å². The molecule has 0 radical (unpaired) electrons. The second-order valence-electron chi connectivity index (χ2n) is 3.39. The highest BCUT2D eigenvalue weighted by Gasteiger charge is 2.05. The van der Waals surface area contributed by atoms with Crippen molar-refractivity contribution in [1.82, 2.24) is 4.72 Å². The van der Waals surface area contributed by atoms with Crippen LogP contribution in [0.4, 0.5) is 5.69 Å². The van der Waals surface area contributed by atoms with Crippen LogP contribution >= 0.6 is 0 Å². The molecular weight excluding hydrogens is 240 g/mol. The van der Waals surface area contributed by atoms with E-state index in [1.54, 1.807) is 24.3 Å². The molecule has 3 N–H and O–H groups in total. The molecule has 0 amide bonds. The summed E-state index contributed by atoms with van der Waals surface area (Å²) in [6, 6.07) is 6.96. The molecule has 6 heteroatoms. The third kappa shape index (κ3) is 5.37. The van der Waals surface area contributed by atoms with Crippen molar-refractivity contribution in [2.45, 2.75) is 0 Å². The minimum atomic E-state index is -3.27. The summed E-state index contributed by atoms with van der Waals surface area (Å²) >= 11 is 0. The van der Waals surface area contributed by atoms with Gasteiger partial charge in [-0.05, 0) is 12.1 Å². The molecule has 0 aromatic heterocycles. The summed E-state index contributed by atoms with van der Waals surface area (Å²) in [6.45, 7) is 3.83. The number of nitrogens with one attached hydrogen (secondary N) is 1. The van der Waals surface area contributed by atoms with E-state index in [1.165, 1.54) is 6.08 Å². The monoisotopic (exact) mass is 256 g/mol. The summed E-state index contributed by atoms with van der Waals surface area (Å²) in [5, 5.41) is 0. The Labute approximate surface area is 101 Å². The number of sulfonamides is 1. The second-order valence-corrected chi connectivity index (χ2v) is 5.24. The summed E-state index contributed by atoms with van der Waals surface area (Å²) in [6.07, 6.45) is 1.33. The SMILES string of the molecule is C=CCS(=O)(=O)NCCOc1cccc(N)c1. The first-order valence-corrected chi connectivity index (χ1v) is 6.75. The number of hydrogen-bond acceptors (Lipinski definition) is 4.